The molecule has 0 saturated heterocycles. The number of amidine groups is 1. The van der Waals surface area contributed by atoms with Crippen LogP contribution < -0.4 is 5.32 Å². The third kappa shape index (κ3) is 5.15. The van der Waals surface area contributed by atoms with E-state index in [2.05, 4.69) is 29.1 Å². The first-order valence-electron chi connectivity index (χ1n) is 7.76. The van der Waals surface area contributed by atoms with Gasteiger partial charge in [-0.25, -0.2) is 4.99 Å². The van der Waals surface area contributed by atoms with E-state index in [4.69, 9.17) is 0 Å². The highest BCUT2D eigenvalue weighted by Gasteiger charge is 2.18. The van der Waals surface area contributed by atoms with Crippen molar-refractivity contribution in [2.45, 2.75) is 33.7 Å². The molecular formula is C17H28N4O. The standard InChI is InChI=1S/C17H28N4O/c1-7-21(8-2)13(3)17(22)19-16-11-9-15(10-12-16)18-14(4)20(5)6/h9-13H,7-8H2,1-6H3,(H,19,22). The van der Waals surface area contributed by atoms with Gasteiger partial charge in [-0.2, -0.15) is 0 Å². The van der Waals surface area contributed by atoms with Crippen LogP contribution in [-0.4, -0.2) is 54.8 Å². The number of nitrogens with zero attached hydrogens (tertiary/aromatic N) is 3. The fourth-order valence-corrected chi connectivity index (χ4v) is 2.09. The maximum absolute atomic E-state index is 12.2. The Balaban J connectivity index is 2.72. The Morgan fingerprint density at radius 2 is 1.73 bits per heavy atom. The van der Waals surface area contributed by atoms with Crippen molar-refractivity contribution in [2.24, 2.45) is 4.99 Å². The molecule has 1 N–H and O–H groups in total. The molecule has 1 rings (SSSR count). The summed E-state index contributed by atoms with van der Waals surface area (Å²) in [5.41, 5.74) is 1.67. The summed E-state index contributed by atoms with van der Waals surface area (Å²) in [7, 11) is 3.92. The lowest BCUT2D eigenvalue weighted by Crippen LogP contribution is -2.41. The van der Waals surface area contributed by atoms with Gasteiger partial charge in [0.05, 0.1) is 11.7 Å². The van der Waals surface area contributed by atoms with E-state index in [1.165, 1.54) is 0 Å². The number of rotatable bonds is 6. The molecule has 0 bridgehead atoms. The molecule has 0 spiro atoms. The third-order valence-electron chi connectivity index (χ3n) is 3.81. The van der Waals surface area contributed by atoms with Gasteiger partial charge in [0.2, 0.25) is 5.91 Å². The molecule has 0 aromatic heterocycles. The molecule has 5 heteroatoms. The second kappa shape index (κ2) is 8.54. The fraction of sp³-hybridized carbons (Fsp3) is 0.529. The zero-order valence-electron chi connectivity index (χ0n) is 14.6. The highest BCUT2D eigenvalue weighted by atomic mass is 16.2. The van der Waals surface area contributed by atoms with E-state index in [-0.39, 0.29) is 11.9 Å². The second-order valence-corrected chi connectivity index (χ2v) is 5.49. The molecule has 0 saturated carbocycles. The molecule has 1 unspecified atom stereocenters. The van der Waals surface area contributed by atoms with Gasteiger partial charge >= 0.3 is 0 Å². The van der Waals surface area contributed by atoms with Crippen molar-refractivity contribution in [3.05, 3.63) is 24.3 Å². The Morgan fingerprint density at radius 1 is 1.18 bits per heavy atom. The van der Waals surface area contributed by atoms with E-state index >= 15 is 0 Å². The zero-order valence-corrected chi connectivity index (χ0v) is 14.6. The van der Waals surface area contributed by atoms with Crippen molar-refractivity contribution in [3.63, 3.8) is 0 Å². The van der Waals surface area contributed by atoms with Gasteiger partial charge in [0, 0.05) is 19.8 Å². The number of hydrogen-bond donors (Lipinski definition) is 1. The van der Waals surface area contributed by atoms with E-state index in [1.807, 2.05) is 57.1 Å². The number of aliphatic imine (C=N–C) groups is 1. The average molecular weight is 304 g/mol. The van der Waals surface area contributed by atoms with Crippen LogP contribution in [0.15, 0.2) is 29.3 Å². The molecule has 122 valence electrons. The minimum Gasteiger partial charge on any atom is -0.366 e. The summed E-state index contributed by atoms with van der Waals surface area (Å²) in [6.45, 7) is 9.74. The molecule has 0 aliphatic rings. The minimum atomic E-state index is -0.135. The van der Waals surface area contributed by atoms with Crippen molar-refractivity contribution in [2.75, 3.05) is 32.5 Å². The van der Waals surface area contributed by atoms with Gasteiger partial charge in [-0.1, -0.05) is 13.8 Å². The van der Waals surface area contributed by atoms with Gasteiger partial charge in [-0.3, -0.25) is 9.69 Å². The van der Waals surface area contributed by atoms with Crippen LogP contribution in [0.2, 0.25) is 0 Å². The molecule has 1 amide bonds. The predicted octanol–water partition coefficient (Wildman–Crippen LogP) is 2.97. The van der Waals surface area contributed by atoms with E-state index in [0.717, 1.165) is 30.3 Å². The Morgan fingerprint density at radius 3 is 2.18 bits per heavy atom. The summed E-state index contributed by atoms with van der Waals surface area (Å²) in [6, 6.07) is 7.45. The van der Waals surface area contributed by atoms with Gasteiger partial charge in [0.25, 0.3) is 0 Å². The van der Waals surface area contributed by atoms with Gasteiger partial charge in [-0.15, -0.1) is 0 Å². The smallest absolute Gasteiger partial charge is 0.241 e. The molecule has 0 heterocycles. The van der Waals surface area contributed by atoms with Crippen LogP contribution in [0.25, 0.3) is 0 Å². The number of nitrogens with one attached hydrogen (secondary N) is 1. The highest BCUT2D eigenvalue weighted by Crippen LogP contribution is 2.17. The number of hydrogen-bond acceptors (Lipinski definition) is 3. The number of carbonyl (C=O) groups is 1. The number of carbonyl (C=O) groups excluding carboxylic acids is 1. The molecule has 1 aromatic carbocycles. The largest absolute Gasteiger partial charge is 0.366 e. The van der Waals surface area contributed by atoms with E-state index in [9.17, 15) is 4.79 Å². The van der Waals surface area contributed by atoms with Crippen molar-refractivity contribution in [1.82, 2.24) is 9.80 Å². The van der Waals surface area contributed by atoms with Crippen LogP contribution in [0.4, 0.5) is 11.4 Å². The molecule has 22 heavy (non-hydrogen) atoms. The topological polar surface area (TPSA) is 47.9 Å². The van der Waals surface area contributed by atoms with Crippen LogP contribution >= 0.6 is 0 Å². The average Bonchev–Trinajstić information content (AvgIpc) is 2.50. The van der Waals surface area contributed by atoms with Crippen molar-refractivity contribution >= 4 is 23.1 Å². The van der Waals surface area contributed by atoms with Crippen molar-refractivity contribution < 1.29 is 4.79 Å². The second-order valence-electron chi connectivity index (χ2n) is 5.49. The van der Waals surface area contributed by atoms with Crippen LogP contribution in [0.3, 0.4) is 0 Å². The molecule has 0 radical (unpaired) electrons. The molecule has 0 fully saturated rings. The van der Waals surface area contributed by atoms with Gasteiger partial charge in [-0.05, 0) is 51.2 Å². The SMILES string of the molecule is CCN(CC)C(C)C(=O)Nc1ccc(N=C(C)N(C)C)cc1. The Hall–Kier alpha value is -1.88. The predicted molar refractivity (Wildman–Crippen MR) is 93.9 cm³/mol. The first-order valence-corrected chi connectivity index (χ1v) is 7.76. The number of amides is 1. The van der Waals surface area contributed by atoms with Crippen molar-refractivity contribution in [3.8, 4) is 0 Å². The van der Waals surface area contributed by atoms with Crippen LogP contribution in [0.1, 0.15) is 27.7 Å². The summed E-state index contributed by atoms with van der Waals surface area (Å²) in [5.74, 6) is 0.955. The molecule has 5 nitrogen and oxygen atoms in total. The number of benzene rings is 1. The zero-order chi connectivity index (χ0) is 16.7. The third-order valence-corrected chi connectivity index (χ3v) is 3.81. The maximum atomic E-state index is 12.2. The molecule has 0 aliphatic carbocycles. The molecule has 0 aliphatic heterocycles. The highest BCUT2D eigenvalue weighted by molar-refractivity contribution is 5.94. The van der Waals surface area contributed by atoms with Gasteiger partial charge in [0.1, 0.15) is 5.84 Å². The number of likely N-dealkylation sites (N-methyl/N-ethyl adjacent to an activating group) is 1. The van der Waals surface area contributed by atoms with E-state index in [0.29, 0.717) is 0 Å². The molecule has 1 aromatic rings. The Bertz CT molecular complexity index is 504. The summed E-state index contributed by atoms with van der Waals surface area (Å²) in [6.07, 6.45) is 0. The van der Waals surface area contributed by atoms with Crippen LogP contribution in [-0.2, 0) is 4.79 Å². The first kappa shape index (κ1) is 18.2. The Kier molecular flexibility index (Phi) is 7.05. The van der Waals surface area contributed by atoms with Crippen molar-refractivity contribution in [1.29, 1.82) is 0 Å². The first-order chi connectivity index (χ1) is 10.4. The minimum absolute atomic E-state index is 0.0180. The van der Waals surface area contributed by atoms with Crippen LogP contribution in [0, 0.1) is 0 Å². The fourth-order valence-electron chi connectivity index (χ4n) is 2.09. The lowest BCUT2D eigenvalue weighted by molar-refractivity contribution is -0.120. The molecular weight excluding hydrogens is 276 g/mol. The summed E-state index contributed by atoms with van der Waals surface area (Å²) >= 11 is 0. The van der Waals surface area contributed by atoms with E-state index in [1.54, 1.807) is 0 Å². The summed E-state index contributed by atoms with van der Waals surface area (Å²) < 4.78 is 0. The summed E-state index contributed by atoms with van der Waals surface area (Å²) in [5, 5.41) is 2.95. The monoisotopic (exact) mass is 304 g/mol. The quantitative estimate of drug-likeness (QED) is 0.649. The molecule has 1 atom stereocenters. The normalized spacial score (nSPS) is 13.1. The van der Waals surface area contributed by atoms with Crippen LogP contribution in [0.5, 0.6) is 0 Å². The lowest BCUT2D eigenvalue weighted by Gasteiger charge is -2.25. The summed E-state index contributed by atoms with van der Waals surface area (Å²) in [4.78, 5) is 20.8. The van der Waals surface area contributed by atoms with E-state index < -0.39 is 0 Å². The lowest BCUT2D eigenvalue weighted by atomic mass is 10.2. The Labute approximate surface area is 134 Å². The van der Waals surface area contributed by atoms with Gasteiger partial charge < -0.3 is 10.2 Å². The maximum Gasteiger partial charge on any atom is 0.241 e. The number of anilines is 1. The van der Waals surface area contributed by atoms with Gasteiger partial charge in [0.15, 0.2) is 0 Å².